The van der Waals surface area contributed by atoms with Crippen molar-refractivity contribution in [2.45, 2.75) is 130 Å². The van der Waals surface area contributed by atoms with Crippen LogP contribution in [0.25, 0.3) is 11.4 Å². The molecule has 0 aliphatic carbocycles. The fraction of sp³-hybridized carbons (Fsp3) is 0.656. The molecule has 2 heterocycles. The van der Waals surface area contributed by atoms with Crippen molar-refractivity contribution < 1.29 is 24.0 Å². The van der Waals surface area contributed by atoms with Gasteiger partial charge in [0.2, 0.25) is 17.7 Å². The second kappa shape index (κ2) is 14.6. The summed E-state index contributed by atoms with van der Waals surface area (Å²) in [7, 11) is 0. The normalized spacial score (nSPS) is 15.8. The number of carboxylic acid groups (broad SMARTS) is 1. The lowest BCUT2D eigenvalue weighted by Gasteiger charge is -2.45. The zero-order valence-corrected chi connectivity index (χ0v) is 26.5. The van der Waals surface area contributed by atoms with Gasteiger partial charge < -0.3 is 19.3 Å². The molecule has 0 bridgehead atoms. The van der Waals surface area contributed by atoms with Gasteiger partial charge in [-0.15, -0.1) is 4.99 Å². The molecule has 10 heteroatoms. The van der Waals surface area contributed by atoms with Gasteiger partial charge in [0.05, 0.1) is 0 Å². The number of benzene rings is 1. The first-order valence-electron chi connectivity index (χ1n) is 15.3. The molecule has 2 amide bonds. The largest absolute Gasteiger partial charge is 0.465 e. The van der Waals surface area contributed by atoms with E-state index in [1.165, 1.54) is 56.9 Å². The van der Waals surface area contributed by atoms with E-state index >= 15 is 0 Å². The number of nitrogens with zero attached hydrogens (tertiary/aromatic N) is 5. The lowest BCUT2D eigenvalue weighted by molar-refractivity contribution is 0.0578. The molecule has 2 aromatic rings. The van der Waals surface area contributed by atoms with E-state index in [1.54, 1.807) is 46.4 Å². The maximum Gasteiger partial charge on any atom is 0.437 e. The molecule has 0 radical (unpaired) electrons. The molecule has 10 nitrogen and oxygen atoms in total. The van der Waals surface area contributed by atoms with Gasteiger partial charge in [0.15, 0.2) is 0 Å². The van der Waals surface area contributed by atoms with Gasteiger partial charge in [0.25, 0.3) is 0 Å². The first kappa shape index (κ1) is 33.1. The van der Waals surface area contributed by atoms with Gasteiger partial charge in [-0.3, -0.25) is 0 Å². The van der Waals surface area contributed by atoms with Crippen LogP contribution in [0.2, 0.25) is 0 Å². The van der Waals surface area contributed by atoms with Gasteiger partial charge in [-0.2, -0.15) is 4.98 Å². The third-order valence-corrected chi connectivity index (χ3v) is 7.18. The number of hydrogen-bond donors (Lipinski definition) is 1. The number of unbranched alkanes of at least 4 members (excludes halogenated alkanes) is 7. The summed E-state index contributed by atoms with van der Waals surface area (Å²) in [4.78, 5) is 36.5. The van der Waals surface area contributed by atoms with E-state index in [2.05, 4.69) is 34.2 Å². The maximum absolute atomic E-state index is 12.7. The third-order valence-electron chi connectivity index (χ3n) is 7.18. The van der Waals surface area contributed by atoms with E-state index in [1.807, 2.05) is 12.1 Å². The summed E-state index contributed by atoms with van der Waals surface area (Å²) in [6, 6.07) is 7.82. The second-order valence-corrected chi connectivity index (χ2v) is 13.1. The average molecular weight is 584 g/mol. The van der Waals surface area contributed by atoms with Crippen LogP contribution in [-0.4, -0.2) is 60.9 Å². The van der Waals surface area contributed by atoms with Crippen molar-refractivity contribution in [3.05, 3.63) is 35.7 Å². The molecule has 1 saturated heterocycles. The SMILES string of the molecule is CCCCCCCCCCc1ccc(-c2noc(C3CCN3C(=NC(=O)OC(C)(C)C)N(C(=O)O)C(C)(C)C)n2)cc1. The minimum atomic E-state index is -1.23. The van der Waals surface area contributed by atoms with Gasteiger partial charge in [-0.25, -0.2) is 14.5 Å². The van der Waals surface area contributed by atoms with Gasteiger partial charge >= 0.3 is 12.2 Å². The van der Waals surface area contributed by atoms with Crippen LogP contribution in [0.3, 0.4) is 0 Å². The van der Waals surface area contributed by atoms with Crippen LogP contribution in [0, 0.1) is 0 Å². The molecule has 42 heavy (non-hydrogen) atoms. The molecule has 232 valence electrons. The fourth-order valence-corrected chi connectivity index (χ4v) is 4.94. The Morgan fingerprint density at radius 3 is 2.17 bits per heavy atom. The highest BCUT2D eigenvalue weighted by Crippen LogP contribution is 2.36. The number of amides is 2. The molecule has 1 aromatic carbocycles. The smallest absolute Gasteiger partial charge is 0.437 e. The van der Waals surface area contributed by atoms with Gasteiger partial charge in [0.1, 0.15) is 11.6 Å². The van der Waals surface area contributed by atoms with Crippen molar-refractivity contribution in [1.29, 1.82) is 0 Å². The Balaban J connectivity index is 1.68. The lowest BCUT2D eigenvalue weighted by Crippen LogP contribution is -2.59. The number of rotatable bonds is 11. The average Bonchev–Trinajstić information content (AvgIpc) is 3.32. The quantitative estimate of drug-likeness (QED) is 0.159. The summed E-state index contributed by atoms with van der Waals surface area (Å²) < 4.78 is 11.0. The second-order valence-electron chi connectivity index (χ2n) is 13.1. The number of hydrogen-bond acceptors (Lipinski definition) is 6. The first-order chi connectivity index (χ1) is 19.8. The highest BCUT2D eigenvalue weighted by atomic mass is 16.6. The van der Waals surface area contributed by atoms with Crippen molar-refractivity contribution in [2.75, 3.05) is 6.54 Å². The van der Waals surface area contributed by atoms with E-state index in [0.717, 1.165) is 16.9 Å². The summed E-state index contributed by atoms with van der Waals surface area (Å²) in [5, 5.41) is 14.3. The number of guanidine groups is 1. The summed E-state index contributed by atoms with van der Waals surface area (Å²) >= 11 is 0. The Morgan fingerprint density at radius 2 is 1.64 bits per heavy atom. The summed E-state index contributed by atoms with van der Waals surface area (Å²) in [5.74, 6) is 0.785. The van der Waals surface area contributed by atoms with Gasteiger partial charge in [-0.05, 0) is 66.4 Å². The minimum Gasteiger partial charge on any atom is -0.465 e. The van der Waals surface area contributed by atoms with Crippen molar-refractivity contribution in [2.24, 2.45) is 4.99 Å². The fourth-order valence-electron chi connectivity index (χ4n) is 4.94. The lowest BCUT2D eigenvalue weighted by atomic mass is 10.0. The number of carbonyl (C=O) groups excluding carboxylic acids is 1. The predicted octanol–water partition coefficient (Wildman–Crippen LogP) is 8.24. The standard InChI is InChI=1S/C32H49N5O5/c1-8-9-10-11-12-13-14-15-16-23-17-19-24(20-18-23)26-33-27(42-35-26)25-21-22-36(25)28(34-29(38)41-32(5,6)7)37(30(39)40)31(2,3)4/h17-20,25H,8-16,21-22H2,1-7H3,(H,39,40). The number of aromatic nitrogens is 2. The minimum absolute atomic E-state index is 0.0226. The van der Waals surface area contributed by atoms with Crippen molar-refractivity contribution in [3.8, 4) is 11.4 Å². The van der Waals surface area contributed by atoms with E-state index in [0.29, 0.717) is 24.7 Å². The molecule has 0 spiro atoms. The van der Waals surface area contributed by atoms with Crippen LogP contribution >= 0.6 is 0 Å². The molecular weight excluding hydrogens is 534 g/mol. The van der Waals surface area contributed by atoms with Crippen LogP contribution in [0.15, 0.2) is 33.8 Å². The van der Waals surface area contributed by atoms with Crippen molar-refractivity contribution in [1.82, 2.24) is 19.9 Å². The molecule has 1 N–H and O–H groups in total. The summed E-state index contributed by atoms with van der Waals surface area (Å²) in [5.41, 5.74) is 0.488. The highest BCUT2D eigenvalue weighted by Gasteiger charge is 2.43. The van der Waals surface area contributed by atoms with Gasteiger partial charge in [-0.1, -0.05) is 81.3 Å². The van der Waals surface area contributed by atoms with Crippen LogP contribution < -0.4 is 0 Å². The molecule has 1 aromatic heterocycles. The Bertz CT molecular complexity index is 1190. The topological polar surface area (TPSA) is 121 Å². The monoisotopic (exact) mass is 583 g/mol. The van der Waals surface area contributed by atoms with Crippen molar-refractivity contribution in [3.63, 3.8) is 0 Å². The molecule has 1 unspecified atom stereocenters. The summed E-state index contributed by atoms with van der Waals surface area (Å²) in [6.07, 6.45) is 10.0. The number of carbonyl (C=O) groups is 2. The molecule has 3 rings (SSSR count). The zero-order valence-electron chi connectivity index (χ0n) is 26.5. The first-order valence-corrected chi connectivity index (χ1v) is 15.3. The molecular formula is C32H49N5O5. The molecule has 1 aliphatic rings. The molecule has 1 aliphatic heterocycles. The van der Waals surface area contributed by atoms with Gasteiger partial charge in [0, 0.05) is 17.6 Å². The van der Waals surface area contributed by atoms with Crippen molar-refractivity contribution >= 4 is 18.1 Å². The Morgan fingerprint density at radius 1 is 1.02 bits per heavy atom. The Labute approximate surface area is 250 Å². The van der Waals surface area contributed by atoms with Crippen LogP contribution in [0.1, 0.15) is 124 Å². The predicted molar refractivity (Wildman–Crippen MR) is 163 cm³/mol. The highest BCUT2D eigenvalue weighted by molar-refractivity contribution is 5.99. The number of aryl methyl sites for hydroxylation is 1. The number of aliphatic imine (C=N–C) groups is 1. The molecule has 1 fully saturated rings. The van der Waals surface area contributed by atoms with E-state index < -0.39 is 29.4 Å². The summed E-state index contributed by atoms with van der Waals surface area (Å²) in [6.45, 7) is 13.1. The molecule has 1 atom stereocenters. The molecule has 0 saturated carbocycles. The number of ether oxygens (including phenoxy) is 1. The van der Waals surface area contributed by atoms with Crippen LogP contribution in [-0.2, 0) is 11.2 Å². The third kappa shape index (κ3) is 9.56. The van der Waals surface area contributed by atoms with E-state index in [9.17, 15) is 14.7 Å². The Kier molecular flexibility index (Phi) is 11.5. The van der Waals surface area contributed by atoms with Crippen LogP contribution in [0.5, 0.6) is 0 Å². The van der Waals surface area contributed by atoms with Crippen LogP contribution in [0.4, 0.5) is 9.59 Å². The zero-order chi connectivity index (χ0) is 30.9. The Hall–Kier alpha value is -3.43. The van der Waals surface area contributed by atoms with E-state index in [-0.39, 0.29) is 5.96 Å². The van der Waals surface area contributed by atoms with E-state index in [4.69, 9.17) is 9.26 Å². The maximum atomic E-state index is 12.7. The number of likely N-dealkylation sites (tertiary alicyclic amines) is 1.